The first kappa shape index (κ1) is 13.8. The van der Waals surface area contributed by atoms with Crippen LogP contribution in [-0.4, -0.2) is 4.57 Å². The number of halogens is 1. The van der Waals surface area contributed by atoms with Gasteiger partial charge in [-0.3, -0.25) is 0 Å². The number of hydrogen-bond acceptors (Lipinski definition) is 1. The third kappa shape index (κ3) is 2.54. The third-order valence-corrected chi connectivity index (χ3v) is 3.02. The maximum atomic E-state index is 5.73. The molecule has 0 spiro atoms. The number of nitrogens with two attached hydrogens (primary N) is 1. The topological polar surface area (TPSA) is 30.9 Å². The van der Waals surface area contributed by atoms with Gasteiger partial charge in [-0.05, 0) is 50.1 Å². The van der Waals surface area contributed by atoms with Crippen molar-refractivity contribution in [3.05, 3.63) is 52.8 Å². The second kappa shape index (κ2) is 5.39. The molecule has 0 amide bonds. The van der Waals surface area contributed by atoms with Crippen LogP contribution in [0.1, 0.15) is 22.5 Å². The third-order valence-electron chi connectivity index (χ3n) is 3.02. The summed E-state index contributed by atoms with van der Waals surface area (Å²) in [5, 5.41) is 0. The van der Waals surface area contributed by atoms with Crippen molar-refractivity contribution in [3.8, 4) is 5.69 Å². The fourth-order valence-electron chi connectivity index (χ4n) is 2.20. The molecule has 0 aliphatic heterocycles. The van der Waals surface area contributed by atoms with Crippen molar-refractivity contribution in [2.75, 3.05) is 0 Å². The van der Waals surface area contributed by atoms with Gasteiger partial charge in [-0.15, -0.1) is 12.4 Å². The van der Waals surface area contributed by atoms with E-state index in [1.807, 2.05) is 0 Å². The van der Waals surface area contributed by atoms with Crippen LogP contribution in [0.4, 0.5) is 0 Å². The lowest BCUT2D eigenvalue weighted by atomic mass is 10.2. The second-order valence-electron chi connectivity index (χ2n) is 4.27. The highest BCUT2D eigenvalue weighted by molar-refractivity contribution is 5.85. The normalized spacial score (nSPS) is 10.1. The van der Waals surface area contributed by atoms with Crippen molar-refractivity contribution in [3.63, 3.8) is 0 Å². The standard InChI is InChI=1S/C14H18N2.ClH/c1-10-5-4-6-14(7-10)16-11(2)8-13(9-15)12(16)3;/h4-8H,9,15H2,1-3H3;1H. The molecule has 2 N–H and O–H groups in total. The minimum atomic E-state index is 0. The summed E-state index contributed by atoms with van der Waals surface area (Å²) in [5.74, 6) is 0. The van der Waals surface area contributed by atoms with Gasteiger partial charge in [-0.1, -0.05) is 12.1 Å². The molecular formula is C14H19ClN2. The van der Waals surface area contributed by atoms with E-state index in [0.29, 0.717) is 6.54 Å². The minimum Gasteiger partial charge on any atom is -0.326 e. The summed E-state index contributed by atoms with van der Waals surface area (Å²) in [4.78, 5) is 0. The Balaban J connectivity index is 0.00000144. The van der Waals surface area contributed by atoms with Gasteiger partial charge in [0.1, 0.15) is 0 Å². The van der Waals surface area contributed by atoms with E-state index in [-0.39, 0.29) is 12.4 Å². The predicted molar refractivity (Wildman–Crippen MR) is 75.1 cm³/mol. The summed E-state index contributed by atoms with van der Waals surface area (Å²) >= 11 is 0. The highest BCUT2D eigenvalue weighted by Gasteiger charge is 2.08. The van der Waals surface area contributed by atoms with Crippen molar-refractivity contribution in [1.29, 1.82) is 0 Å². The molecule has 0 fully saturated rings. The molecule has 0 aliphatic rings. The van der Waals surface area contributed by atoms with Crippen molar-refractivity contribution in [1.82, 2.24) is 4.57 Å². The number of hydrogen-bond donors (Lipinski definition) is 1. The van der Waals surface area contributed by atoms with Gasteiger partial charge in [-0.2, -0.15) is 0 Å². The Morgan fingerprint density at radius 1 is 1.12 bits per heavy atom. The summed E-state index contributed by atoms with van der Waals surface area (Å²) in [6.07, 6.45) is 0. The molecule has 0 unspecified atom stereocenters. The van der Waals surface area contributed by atoms with E-state index < -0.39 is 0 Å². The molecule has 1 heterocycles. The number of rotatable bonds is 2. The molecule has 2 rings (SSSR count). The number of aryl methyl sites for hydroxylation is 2. The second-order valence-corrected chi connectivity index (χ2v) is 4.27. The molecule has 0 saturated carbocycles. The SMILES string of the molecule is Cc1cccc(-n2c(C)cc(CN)c2C)c1.Cl. The molecule has 3 heteroatoms. The summed E-state index contributed by atoms with van der Waals surface area (Å²) in [6.45, 7) is 6.96. The lowest BCUT2D eigenvalue weighted by molar-refractivity contribution is 0.941. The average molecular weight is 251 g/mol. The Morgan fingerprint density at radius 2 is 1.82 bits per heavy atom. The number of aromatic nitrogens is 1. The van der Waals surface area contributed by atoms with Gasteiger partial charge in [0.15, 0.2) is 0 Å². The smallest absolute Gasteiger partial charge is 0.0457 e. The van der Waals surface area contributed by atoms with Crippen LogP contribution in [0, 0.1) is 20.8 Å². The van der Waals surface area contributed by atoms with Crippen LogP contribution in [0.15, 0.2) is 30.3 Å². The van der Waals surface area contributed by atoms with Crippen LogP contribution in [0.3, 0.4) is 0 Å². The van der Waals surface area contributed by atoms with Gasteiger partial charge < -0.3 is 10.3 Å². The van der Waals surface area contributed by atoms with E-state index in [0.717, 1.165) is 0 Å². The summed E-state index contributed by atoms with van der Waals surface area (Å²) in [6, 6.07) is 10.7. The van der Waals surface area contributed by atoms with Crippen LogP contribution in [0.25, 0.3) is 5.69 Å². The van der Waals surface area contributed by atoms with Crippen LogP contribution >= 0.6 is 12.4 Å². The molecule has 2 aromatic rings. The number of benzene rings is 1. The van der Waals surface area contributed by atoms with Crippen LogP contribution in [0.2, 0.25) is 0 Å². The van der Waals surface area contributed by atoms with Crippen LogP contribution < -0.4 is 5.73 Å². The molecule has 92 valence electrons. The molecule has 2 nitrogen and oxygen atoms in total. The zero-order valence-corrected chi connectivity index (χ0v) is 11.3. The van der Waals surface area contributed by atoms with Crippen molar-refractivity contribution < 1.29 is 0 Å². The van der Waals surface area contributed by atoms with Gasteiger partial charge in [0.05, 0.1) is 0 Å². The monoisotopic (exact) mass is 250 g/mol. The summed E-state index contributed by atoms with van der Waals surface area (Å²) in [7, 11) is 0. The lowest BCUT2D eigenvalue weighted by Gasteiger charge is -2.10. The summed E-state index contributed by atoms with van der Waals surface area (Å²) in [5.41, 5.74) is 11.9. The molecule has 17 heavy (non-hydrogen) atoms. The minimum absolute atomic E-state index is 0. The van der Waals surface area contributed by atoms with Crippen LogP contribution in [0.5, 0.6) is 0 Å². The molecule has 0 aliphatic carbocycles. The Morgan fingerprint density at radius 3 is 2.35 bits per heavy atom. The largest absolute Gasteiger partial charge is 0.326 e. The maximum absolute atomic E-state index is 5.73. The van der Waals surface area contributed by atoms with E-state index in [1.165, 1.54) is 28.2 Å². The molecule has 1 aromatic carbocycles. The molecule has 0 radical (unpaired) electrons. The first-order valence-electron chi connectivity index (χ1n) is 5.58. The van der Waals surface area contributed by atoms with Gasteiger partial charge in [-0.25, -0.2) is 0 Å². The highest BCUT2D eigenvalue weighted by atomic mass is 35.5. The molecule has 0 atom stereocenters. The average Bonchev–Trinajstić information content (AvgIpc) is 2.53. The van der Waals surface area contributed by atoms with Gasteiger partial charge in [0.2, 0.25) is 0 Å². The Bertz CT molecular complexity index is 515. The van der Waals surface area contributed by atoms with Gasteiger partial charge >= 0.3 is 0 Å². The molecular weight excluding hydrogens is 232 g/mol. The first-order valence-corrected chi connectivity index (χ1v) is 5.58. The van der Waals surface area contributed by atoms with Crippen molar-refractivity contribution >= 4 is 12.4 Å². The molecule has 0 bridgehead atoms. The predicted octanol–water partition coefficient (Wildman–Crippen LogP) is 3.28. The Labute approximate surface area is 109 Å². The first-order chi connectivity index (χ1) is 7.63. The van der Waals surface area contributed by atoms with E-state index in [4.69, 9.17) is 5.73 Å². The van der Waals surface area contributed by atoms with Gasteiger partial charge in [0, 0.05) is 23.6 Å². The van der Waals surface area contributed by atoms with E-state index >= 15 is 0 Å². The maximum Gasteiger partial charge on any atom is 0.0457 e. The Hall–Kier alpha value is -1.25. The van der Waals surface area contributed by atoms with E-state index in [9.17, 15) is 0 Å². The van der Waals surface area contributed by atoms with Crippen LogP contribution in [-0.2, 0) is 6.54 Å². The fraction of sp³-hybridized carbons (Fsp3) is 0.286. The fourth-order valence-corrected chi connectivity index (χ4v) is 2.20. The zero-order chi connectivity index (χ0) is 11.7. The Kier molecular flexibility index (Phi) is 4.38. The molecule has 1 aromatic heterocycles. The zero-order valence-electron chi connectivity index (χ0n) is 10.5. The van der Waals surface area contributed by atoms with Crippen molar-refractivity contribution in [2.45, 2.75) is 27.3 Å². The van der Waals surface area contributed by atoms with E-state index in [2.05, 4.69) is 55.7 Å². The quantitative estimate of drug-likeness (QED) is 0.871. The van der Waals surface area contributed by atoms with E-state index in [1.54, 1.807) is 0 Å². The lowest BCUT2D eigenvalue weighted by Crippen LogP contribution is -2.02. The molecule has 0 saturated heterocycles. The van der Waals surface area contributed by atoms with Gasteiger partial charge in [0.25, 0.3) is 0 Å². The highest BCUT2D eigenvalue weighted by Crippen LogP contribution is 2.20. The van der Waals surface area contributed by atoms with Crippen molar-refractivity contribution in [2.24, 2.45) is 5.73 Å². The summed E-state index contributed by atoms with van der Waals surface area (Å²) < 4.78 is 2.26. The number of nitrogens with zero attached hydrogens (tertiary/aromatic N) is 1.